The number of carbonyl (C=O) groups excluding carboxylic acids is 2. The van der Waals surface area contributed by atoms with Crippen molar-refractivity contribution in [1.29, 1.82) is 0 Å². The molecule has 1 aromatic carbocycles. The Morgan fingerprint density at radius 3 is 2.64 bits per heavy atom. The summed E-state index contributed by atoms with van der Waals surface area (Å²) in [6, 6.07) is 5.29. The van der Waals surface area contributed by atoms with Gasteiger partial charge in [-0.2, -0.15) is 0 Å². The van der Waals surface area contributed by atoms with Crippen molar-refractivity contribution >= 4 is 28.9 Å². The second-order valence-electron chi connectivity index (χ2n) is 7.11. The van der Waals surface area contributed by atoms with E-state index in [1.54, 1.807) is 25.1 Å². The summed E-state index contributed by atoms with van der Waals surface area (Å²) in [6.07, 6.45) is 5.11. The Morgan fingerprint density at radius 2 is 1.93 bits per heavy atom. The molecule has 1 aliphatic carbocycles. The molecule has 2 aliphatic rings. The zero-order valence-corrected chi connectivity index (χ0v) is 16.7. The third kappa shape index (κ3) is 3.82. The van der Waals surface area contributed by atoms with E-state index >= 15 is 0 Å². The number of hydrogen-bond acceptors (Lipinski definition) is 7. The number of rotatable bonds is 4. The van der Waals surface area contributed by atoms with E-state index in [1.807, 2.05) is 6.92 Å². The van der Waals surface area contributed by atoms with E-state index in [0.29, 0.717) is 27.8 Å². The van der Waals surface area contributed by atoms with Gasteiger partial charge in [0.2, 0.25) is 0 Å². The summed E-state index contributed by atoms with van der Waals surface area (Å²) in [5.74, 6) is -0.180. The number of nitrogens with zero attached hydrogens (tertiary/aromatic N) is 1. The van der Waals surface area contributed by atoms with Gasteiger partial charge in [-0.1, -0.05) is 6.42 Å². The molecule has 1 aliphatic heterocycles. The van der Waals surface area contributed by atoms with Crippen LogP contribution in [-0.2, 0) is 9.53 Å². The molecule has 1 saturated carbocycles. The smallest absolute Gasteiger partial charge is 0.350 e. The first-order chi connectivity index (χ1) is 13.4. The van der Waals surface area contributed by atoms with Gasteiger partial charge < -0.3 is 19.5 Å². The molecule has 28 heavy (non-hydrogen) atoms. The Kier molecular flexibility index (Phi) is 4.97. The normalized spacial score (nSPS) is 16.8. The second kappa shape index (κ2) is 7.43. The molecular weight excluding hydrogens is 380 g/mol. The monoisotopic (exact) mass is 402 g/mol. The SMILES string of the molecule is Cc1nc(C)c(C(=O)OCC(=O)Nc2ccc3c(c2)OC2(CCCCC2)O3)s1. The average molecular weight is 402 g/mol. The van der Waals surface area contributed by atoms with E-state index in [4.69, 9.17) is 14.2 Å². The summed E-state index contributed by atoms with van der Waals surface area (Å²) < 4.78 is 17.2. The fourth-order valence-electron chi connectivity index (χ4n) is 3.58. The molecule has 0 bridgehead atoms. The van der Waals surface area contributed by atoms with E-state index < -0.39 is 17.7 Å². The van der Waals surface area contributed by atoms with Crippen LogP contribution >= 0.6 is 11.3 Å². The zero-order chi connectivity index (χ0) is 19.7. The van der Waals surface area contributed by atoms with Crippen LogP contribution in [0.15, 0.2) is 18.2 Å². The Hall–Kier alpha value is -2.61. The molecule has 1 aromatic heterocycles. The molecular formula is C20H22N2O5S. The van der Waals surface area contributed by atoms with Gasteiger partial charge in [-0.15, -0.1) is 11.3 Å². The van der Waals surface area contributed by atoms with Crippen LogP contribution < -0.4 is 14.8 Å². The molecule has 2 heterocycles. The van der Waals surface area contributed by atoms with E-state index in [2.05, 4.69) is 10.3 Å². The number of fused-ring (bicyclic) bond motifs is 1. The van der Waals surface area contributed by atoms with Gasteiger partial charge in [-0.05, 0) is 38.8 Å². The number of benzene rings is 1. The van der Waals surface area contributed by atoms with Crippen molar-refractivity contribution < 1.29 is 23.8 Å². The first-order valence-corrected chi connectivity index (χ1v) is 10.2. The van der Waals surface area contributed by atoms with Gasteiger partial charge in [-0.3, -0.25) is 4.79 Å². The standard InChI is InChI=1S/C20H22N2O5S/c1-12-18(28-13(2)21-12)19(24)25-11-17(23)22-14-6-7-15-16(10-14)27-20(26-15)8-4-3-5-9-20/h6-7,10H,3-5,8-9,11H2,1-2H3,(H,22,23). The molecule has 1 spiro atoms. The molecule has 0 atom stereocenters. The van der Waals surface area contributed by atoms with Crippen LogP contribution in [0.5, 0.6) is 11.5 Å². The number of carbonyl (C=O) groups is 2. The predicted molar refractivity (Wildman–Crippen MR) is 104 cm³/mol. The fourth-order valence-corrected chi connectivity index (χ4v) is 4.39. The Bertz CT molecular complexity index is 917. The minimum Gasteiger partial charge on any atom is -0.451 e. The molecule has 148 valence electrons. The largest absolute Gasteiger partial charge is 0.451 e. The lowest BCUT2D eigenvalue weighted by atomic mass is 9.94. The summed E-state index contributed by atoms with van der Waals surface area (Å²) in [5, 5.41) is 3.51. The third-order valence-electron chi connectivity index (χ3n) is 4.86. The minimum atomic E-state index is -0.552. The van der Waals surface area contributed by atoms with Gasteiger partial charge in [0.1, 0.15) is 4.88 Å². The highest BCUT2D eigenvalue weighted by Crippen LogP contribution is 2.46. The Balaban J connectivity index is 1.34. The molecule has 1 amide bonds. The van der Waals surface area contributed by atoms with Crippen LogP contribution in [0, 0.1) is 13.8 Å². The highest BCUT2D eigenvalue weighted by molar-refractivity contribution is 7.13. The highest BCUT2D eigenvalue weighted by Gasteiger charge is 2.42. The summed E-state index contributed by atoms with van der Waals surface area (Å²) in [6.45, 7) is 3.19. The second-order valence-corrected chi connectivity index (χ2v) is 8.31. The van der Waals surface area contributed by atoms with E-state index in [1.165, 1.54) is 17.8 Å². The quantitative estimate of drug-likeness (QED) is 0.778. The number of esters is 1. The molecule has 2 aromatic rings. The van der Waals surface area contributed by atoms with Crippen LogP contribution in [0.3, 0.4) is 0 Å². The lowest BCUT2D eigenvalue weighted by molar-refractivity contribution is -0.119. The average Bonchev–Trinajstić information content (AvgIpc) is 3.18. The summed E-state index contributed by atoms with van der Waals surface area (Å²) in [4.78, 5) is 28.9. The number of ether oxygens (including phenoxy) is 3. The van der Waals surface area contributed by atoms with Gasteiger partial charge >= 0.3 is 5.97 Å². The maximum Gasteiger partial charge on any atom is 0.350 e. The highest BCUT2D eigenvalue weighted by atomic mass is 32.1. The maximum absolute atomic E-state index is 12.2. The predicted octanol–water partition coefficient (Wildman–Crippen LogP) is 3.99. The van der Waals surface area contributed by atoms with Crippen molar-refractivity contribution in [3.63, 3.8) is 0 Å². The van der Waals surface area contributed by atoms with E-state index in [-0.39, 0.29) is 6.61 Å². The first kappa shape index (κ1) is 18.7. The lowest BCUT2D eigenvalue weighted by Crippen LogP contribution is -2.40. The van der Waals surface area contributed by atoms with Gasteiger partial charge in [0, 0.05) is 24.6 Å². The van der Waals surface area contributed by atoms with Crippen LogP contribution in [0.4, 0.5) is 5.69 Å². The van der Waals surface area contributed by atoms with Gasteiger partial charge in [0.15, 0.2) is 18.1 Å². The number of hydrogen-bond donors (Lipinski definition) is 1. The third-order valence-corrected chi connectivity index (χ3v) is 5.91. The Labute approximate surface area is 167 Å². The van der Waals surface area contributed by atoms with Crippen molar-refractivity contribution in [2.45, 2.75) is 51.7 Å². The maximum atomic E-state index is 12.2. The van der Waals surface area contributed by atoms with Gasteiger partial charge in [-0.25, -0.2) is 9.78 Å². The summed E-state index contributed by atoms with van der Waals surface area (Å²) in [5.41, 5.74) is 1.18. The minimum absolute atomic E-state index is 0.367. The van der Waals surface area contributed by atoms with Gasteiger partial charge in [0.25, 0.3) is 11.7 Å². The molecule has 0 radical (unpaired) electrons. The number of anilines is 1. The van der Waals surface area contributed by atoms with Crippen molar-refractivity contribution in [3.8, 4) is 11.5 Å². The molecule has 0 saturated heterocycles. The number of thiazole rings is 1. The number of nitrogens with one attached hydrogen (secondary N) is 1. The molecule has 8 heteroatoms. The van der Waals surface area contributed by atoms with Crippen molar-refractivity contribution in [2.75, 3.05) is 11.9 Å². The Morgan fingerprint density at radius 1 is 1.18 bits per heavy atom. The zero-order valence-electron chi connectivity index (χ0n) is 15.9. The molecule has 1 fully saturated rings. The van der Waals surface area contributed by atoms with Crippen molar-refractivity contribution in [2.24, 2.45) is 0 Å². The summed E-state index contributed by atoms with van der Waals surface area (Å²) >= 11 is 1.25. The van der Waals surface area contributed by atoms with E-state index in [9.17, 15) is 9.59 Å². The molecule has 7 nitrogen and oxygen atoms in total. The number of aromatic nitrogens is 1. The molecule has 4 rings (SSSR count). The lowest BCUT2D eigenvalue weighted by Gasteiger charge is -2.31. The molecule has 1 N–H and O–H groups in total. The number of amides is 1. The van der Waals surface area contributed by atoms with E-state index in [0.717, 1.165) is 30.7 Å². The fraction of sp³-hybridized carbons (Fsp3) is 0.450. The molecule has 0 unspecified atom stereocenters. The van der Waals surface area contributed by atoms with Crippen molar-refractivity contribution in [3.05, 3.63) is 33.8 Å². The van der Waals surface area contributed by atoms with Crippen LogP contribution in [0.25, 0.3) is 0 Å². The number of aryl methyl sites for hydroxylation is 2. The van der Waals surface area contributed by atoms with Crippen molar-refractivity contribution in [1.82, 2.24) is 4.98 Å². The van der Waals surface area contributed by atoms with Crippen LogP contribution in [0.2, 0.25) is 0 Å². The topological polar surface area (TPSA) is 86.8 Å². The van der Waals surface area contributed by atoms with Crippen LogP contribution in [-0.4, -0.2) is 29.3 Å². The first-order valence-electron chi connectivity index (χ1n) is 9.37. The summed E-state index contributed by atoms with van der Waals surface area (Å²) in [7, 11) is 0. The van der Waals surface area contributed by atoms with Gasteiger partial charge in [0.05, 0.1) is 10.7 Å². The van der Waals surface area contributed by atoms with Crippen LogP contribution in [0.1, 0.15) is 52.5 Å².